The van der Waals surface area contributed by atoms with E-state index in [0.717, 1.165) is 6.42 Å². The molecule has 6 heteroatoms. The Labute approximate surface area is 95.9 Å². The van der Waals surface area contributed by atoms with E-state index in [1.165, 1.54) is 0 Å². The Morgan fingerprint density at radius 3 is 2.25 bits per heavy atom. The first kappa shape index (κ1) is 15.3. The van der Waals surface area contributed by atoms with Gasteiger partial charge in [-0.15, -0.1) is 0 Å². The predicted octanol–water partition coefficient (Wildman–Crippen LogP) is 0.861. The average molecular weight is 205 g/mol. The van der Waals surface area contributed by atoms with Crippen LogP contribution >= 0.6 is 0 Å². The standard InChI is InChI=1S/C6H14O4S.Na/c1-6(2)4-3-5-10-11(7,8)9;/h6H,3-5H2,1-2H3,(H,7,8,9);. The smallest absolute Gasteiger partial charge is 0.264 e. The van der Waals surface area contributed by atoms with Gasteiger partial charge in [0.15, 0.2) is 0 Å². The van der Waals surface area contributed by atoms with Crippen molar-refractivity contribution >= 4 is 40.0 Å². The van der Waals surface area contributed by atoms with Crippen LogP contribution in [0.4, 0.5) is 0 Å². The summed E-state index contributed by atoms with van der Waals surface area (Å²) in [6, 6.07) is 0. The second-order valence-corrected chi connectivity index (χ2v) is 3.88. The Kier molecular flexibility index (Phi) is 9.32. The molecule has 0 fully saturated rings. The maximum Gasteiger partial charge on any atom is 0.397 e. The van der Waals surface area contributed by atoms with Gasteiger partial charge in [0.1, 0.15) is 0 Å². The van der Waals surface area contributed by atoms with Gasteiger partial charge in [0.25, 0.3) is 0 Å². The molecule has 0 aromatic rings. The van der Waals surface area contributed by atoms with Gasteiger partial charge in [-0.25, -0.2) is 4.18 Å². The minimum Gasteiger partial charge on any atom is -0.264 e. The summed E-state index contributed by atoms with van der Waals surface area (Å²) in [5.74, 6) is 0.528. The SMILES string of the molecule is CC(C)CCCOS(=O)(=O)O.[Na]. The molecular weight excluding hydrogens is 191 g/mol. The first-order valence-electron chi connectivity index (χ1n) is 3.53. The molecule has 0 atom stereocenters. The van der Waals surface area contributed by atoms with Crippen molar-refractivity contribution in [3.63, 3.8) is 0 Å². The fourth-order valence-electron chi connectivity index (χ4n) is 0.656. The summed E-state index contributed by atoms with van der Waals surface area (Å²) in [6.07, 6.45) is 1.55. The van der Waals surface area contributed by atoms with Crippen LogP contribution in [0, 0.1) is 5.92 Å². The number of hydrogen-bond acceptors (Lipinski definition) is 3. The van der Waals surface area contributed by atoms with Crippen LogP contribution in [-0.4, -0.2) is 49.1 Å². The third-order valence-corrected chi connectivity index (χ3v) is 1.62. The van der Waals surface area contributed by atoms with Crippen molar-refractivity contribution in [1.29, 1.82) is 0 Å². The molecule has 1 radical (unpaired) electrons. The van der Waals surface area contributed by atoms with Crippen LogP contribution in [0.25, 0.3) is 0 Å². The molecule has 0 aliphatic rings. The van der Waals surface area contributed by atoms with Gasteiger partial charge in [-0.1, -0.05) is 13.8 Å². The monoisotopic (exact) mass is 205 g/mol. The van der Waals surface area contributed by atoms with Crippen LogP contribution in [0.2, 0.25) is 0 Å². The van der Waals surface area contributed by atoms with Gasteiger partial charge >= 0.3 is 10.4 Å². The second-order valence-electron chi connectivity index (χ2n) is 2.79. The van der Waals surface area contributed by atoms with E-state index < -0.39 is 10.4 Å². The Hall–Kier alpha value is 0.870. The second kappa shape index (κ2) is 7.29. The van der Waals surface area contributed by atoms with Crippen LogP contribution in [0.1, 0.15) is 26.7 Å². The van der Waals surface area contributed by atoms with E-state index in [0.29, 0.717) is 12.3 Å². The molecule has 0 aromatic heterocycles. The molecular formula is C6H14NaO4S. The largest absolute Gasteiger partial charge is 0.397 e. The van der Waals surface area contributed by atoms with Crippen LogP contribution < -0.4 is 0 Å². The Morgan fingerprint density at radius 1 is 1.42 bits per heavy atom. The maximum absolute atomic E-state index is 10.0. The summed E-state index contributed by atoms with van der Waals surface area (Å²) in [6.45, 7) is 4.14. The van der Waals surface area contributed by atoms with Crippen molar-refractivity contribution in [3.05, 3.63) is 0 Å². The Morgan fingerprint density at radius 2 is 1.92 bits per heavy atom. The van der Waals surface area contributed by atoms with Gasteiger partial charge < -0.3 is 0 Å². The zero-order valence-corrected chi connectivity index (χ0v) is 10.6. The fourth-order valence-corrected chi connectivity index (χ4v) is 0.984. The Balaban J connectivity index is 0. The summed E-state index contributed by atoms with van der Waals surface area (Å²) in [5, 5.41) is 0. The van der Waals surface area contributed by atoms with Gasteiger partial charge in [-0.05, 0) is 18.8 Å². The molecule has 0 saturated carbocycles. The molecule has 1 N–H and O–H groups in total. The molecule has 0 amide bonds. The molecule has 4 nitrogen and oxygen atoms in total. The summed E-state index contributed by atoms with van der Waals surface area (Å²) in [7, 11) is -4.22. The van der Waals surface area contributed by atoms with Gasteiger partial charge in [0.2, 0.25) is 0 Å². The summed E-state index contributed by atoms with van der Waals surface area (Å²) < 4.78 is 32.3. The van der Waals surface area contributed by atoms with Crippen molar-refractivity contribution in [1.82, 2.24) is 0 Å². The van der Waals surface area contributed by atoms with Crippen molar-refractivity contribution < 1.29 is 17.2 Å². The summed E-state index contributed by atoms with van der Waals surface area (Å²) >= 11 is 0. The number of hydrogen-bond donors (Lipinski definition) is 1. The van der Waals surface area contributed by atoms with E-state index in [-0.39, 0.29) is 36.2 Å². The summed E-state index contributed by atoms with van der Waals surface area (Å²) in [5.41, 5.74) is 0. The molecule has 0 rings (SSSR count). The van der Waals surface area contributed by atoms with Crippen LogP contribution in [0.5, 0.6) is 0 Å². The predicted molar refractivity (Wildman–Crippen MR) is 47.3 cm³/mol. The van der Waals surface area contributed by atoms with E-state index in [1.807, 2.05) is 13.8 Å². The van der Waals surface area contributed by atoms with E-state index in [1.54, 1.807) is 0 Å². The zero-order chi connectivity index (χ0) is 8.91. The molecule has 0 aromatic carbocycles. The molecule has 69 valence electrons. The van der Waals surface area contributed by atoms with Crippen molar-refractivity contribution in [2.75, 3.05) is 6.61 Å². The molecule has 0 spiro atoms. The van der Waals surface area contributed by atoms with E-state index >= 15 is 0 Å². The molecule has 0 aliphatic carbocycles. The van der Waals surface area contributed by atoms with Crippen molar-refractivity contribution in [2.45, 2.75) is 26.7 Å². The van der Waals surface area contributed by atoms with E-state index in [4.69, 9.17) is 4.55 Å². The molecule has 12 heavy (non-hydrogen) atoms. The normalized spacial score (nSPS) is 11.3. The average Bonchev–Trinajstić information content (AvgIpc) is 1.78. The third-order valence-electron chi connectivity index (χ3n) is 1.16. The molecule has 0 saturated heterocycles. The summed E-state index contributed by atoms with van der Waals surface area (Å²) in [4.78, 5) is 0. The van der Waals surface area contributed by atoms with E-state index in [9.17, 15) is 8.42 Å². The first-order valence-corrected chi connectivity index (χ1v) is 4.90. The van der Waals surface area contributed by atoms with Crippen LogP contribution in [0.15, 0.2) is 0 Å². The minimum atomic E-state index is -4.22. The van der Waals surface area contributed by atoms with Gasteiger partial charge in [-0.2, -0.15) is 8.42 Å². The molecule has 0 bridgehead atoms. The van der Waals surface area contributed by atoms with Gasteiger partial charge in [0.05, 0.1) is 6.61 Å². The van der Waals surface area contributed by atoms with Crippen molar-refractivity contribution in [2.24, 2.45) is 5.92 Å². The quantitative estimate of drug-likeness (QED) is 0.411. The van der Waals surface area contributed by atoms with Gasteiger partial charge in [-0.3, -0.25) is 4.55 Å². The molecule has 0 aliphatic heterocycles. The first-order chi connectivity index (χ1) is 4.92. The molecule has 0 heterocycles. The molecule has 0 unspecified atom stereocenters. The fraction of sp³-hybridized carbons (Fsp3) is 1.00. The van der Waals surface area contributed by atoms with Crippen LogP contribution in [0.3, 0.4) is 0 Å². The van der Waals surface area contributed by atoms with Crippen LogP contribution in [-0.2, 0) is 14.6 Å². The van der Waals surface area contributed by atoms with Crippen molar-refractivity contribution in [3.8, 4) is 0 Å². The minimum absolute atomic E-state index is 0. The zero-order valence-electron chi connectivity index (χ0n) is 7.78. The van der Waals surface area contributed by atoms with Gasteiger partial charge in [0, 0.05) is 29.6 Å². The topological polar surface area (TPSA) is 63.6 Å². The number of rotatable bonds is 5. The maximum atomic E-state index is 10.0. The third kappa shape index (κ3) is 13.5. The van der Waals surface area contributed by atoms with E-state index in [2.05, 4.69) is 4.18 Å². The Bertz CT molecular complexity index is 188.